The number of carbonyl (C=O) groups is 1. The SMILES string of the molecule is O=C(Nc1ccc(F)c(Oc2ccc3ncc(CN4CCNCC4)nc3c2)c1)Nc1ccc(F)c(C(F)(F)F)c1. The Kier molecular flexibility index (Phi) is 7.76. The van der Waals surface area contributed by atoms with E-state index in [1.54, 1.807) is 24.4 Å². The molecule has 1 aromatic heterocycles. The summed E-state index contributed by atoms with van der Waals surface area (Å²) in [6.45, 7) is 4.28. The fourth-order valence-corrected chi connectivity index (χ4v) is 4.17. The lowest BCUT2D eigenvalue weighted by molar-refractivity contribution is -0.139. The Morgan fingerprint density at radius 2 is 1.62 bits per heavy atom. The maximum absolute atomic E-state index is 14.5. The van der Waals surface area contributed by atoms with Crippen LogP contribution in [-0.2, 0) is 12.7 Å². The molecule has 4 aromatic rings. The number of nitrogens with zero attached hydrogens (tertiary/aromatic N) is 3. The van der Waals surface area contributed by atoms with E-state index in [1.165, 1.54) is 12.1 Å². The van der Waals surface area contributed by atoms with Gasteiger partial charge in [0.1, 0.15) is 11.6 Å². The van der Waals surface area contributed by atoms with Gasteiger partial charge >= 0.3 is 12.2 Å². The van der Waals surface area contributed by atoms with Crippen molar-refractivity contribution in [2.45, 2.75) is 12.7 Å². The Morgan fingerprint density at radius 3 is 2.35 bits per heavy atom. The number of halogens is 5. The highest BCUT2D eigenvalue weighted by Crippen LogP contribution is 2.33. The molecule has 5 rings (SSSR count). The smallest absolute Gasteiger partial charge is 0.419 e. The van der Waals surface area contributed by atoms with E-state index in [0.29, 0.717) is 29.7 Å². The quantitative estimate of drug-likeness (QED) is 0.261. The normalized spacial score (nSPS) is 14.2. The van der Waals surface area contributed by atoms with Crippen molar-refractivity contribution in [2.24, 2.45) is 0 Å². The van der Waals surface area contributed by atoms with Crippen LogP contribution in [0.3, 0.4) is 0 Å². The molecule has 2 heterocycles. The minimum atomic E-state index is -4.93. The average molecular weight is 559 g/mol. The number of piperazine rings is 1. The topological polar surface area (TPSA) is 91.4 Å². The zero-order chi connectivity index (χ0) is 28.3. The Bertz CT molecular complexity index is 1540. The summed E-state index contributed by atoms with van der Waals surface area (Å²) in [6, 6.07) is 9.61. The van der Waals surface area contributed by atoms with Gasteiger partial charge in [-0.2, -0.15) is 13.2 Å². The molecule has 3 N–H and O–H groups in total. The summed E-state index contributed by atoms with van der Waals surface area (Å²) in [7, 11) is 0. The van der Waals surface area contributed by atoms with Crippen LogP contribution in [0.4, 0.5) is 38.1 Å². The monoisotopic (exact) mass is 558 g/mol. The van der Waals surface area contributed by atoms with Gasteiger partial charge in [0.25, 0.3) is 0 Å². The zero-order valence-electron chi connectivity index (χ0n) is 20.9. The molecule has 1 saturated heterocycles. The first-order valence-corrected chi connectivity index (χ1v) is 12.2. The molecule has 0 saturated carbocycles. The predicted molar refractivity (Wildman–Crippen MR) is 138 cm³/mol. The van der Waals surface area contributed by atoms with E-state index in [-0.39, 0.29) is 22.9 Å². The molecule has 3 aromatic carbocycles. The molecule has 8 nitrogen and oxygen atoms in total. The zero-order valence-corrected chi connectivity index (χ0v) is 20.9. The van der Waals surface area contributed by atoms with Crippen molar-refractivity contribution in [3.8, 4) is 11.5 Å². The van der Waals surface area contributed by atoms with Crippen LogP contribution in [0, 0.1) is 11.6 Å². The van der Waals surface area contributed by atoms with Crippen LogP contribution in [0.2, 0.25) is 0 Å². The standard InChI is InChI=1S/C27H23F5N6O2/c28-21-4-1-16(11-20(21)27(30,31)32)36-26(39)37-17-2-5-22(29)25(12-17)40-19-3-6-23-24(13-19)35-18(14-34-23)15-38-9-7-33-8-10-38/h1-6,11-14,33H,7-10,15H2,(H2,36,37,39). The summed E-state index contributed by atoms with van der Waals surface area (Å²) in [6.07, 6.45) is -3.21. The highest BCUT2D eigenvalue weighted by molar-refractivity contribution is 5.99. The number of anilines is 2. The van der Waals surface area contributed by atoms with Gasteiger partial charge in [0.15, 0.2) is 11.6 Å². The first-order valence-electron chi connectivity index (χ1n) is 12.2. The van der Waals surface area contributed by atoms with Gasteiger partial charge in [-0.25, -0.2) is 18.6 Å². The fourth-order valence-electron chi connectivity index (χ4n) is 4.17. The molecule has 1 fully saturated rings. The van der Waals surface area contributed by atoms with Crippen molar-refractivity contribution in [3.63, 3.8) is 0 Å². The van der Waals surface area contributed by atoms with Crippen LogP contribution in [0.5, 0.6) is 11.5 Å². The van der Waals surface area contributed by atoms with Gasteiger partial charge in [0, 0.05) is 56.2 Å². The van der Waals surface area contributed by atoms with E-state index in [1.807, 2.05) is 0 Å². The average Bonchev–Trinajstić information content (AvgIpc) is 2.91. The van der Waals surface area contributed by atoms with Crippen molar-refractivity contribution in [2.75, 3.05) is 36.8 Å². The first-order chi connectivity index (χ1) is 19.1. The number of fused-ring (bicyclic) bond motifs is 1. The Morgan fingerprint density at radius 1 is 0.925 bits per heavy atom. The number of aromatic nitrogens is 2. The number of benzene rings is 3. The van der Waals surface area contributed by atoms with Gasteiger partial charge in [-0.1, -0.05) is 0 Å². The lowest BCUT2D eigenvalue weighted by Crippen LogP contribution is -2.43. The van der Waals surface area contributed by atoms with Gasteiger partial charge in [-0.3, -0.25) is 9.88 Å². The van der Waals surface area contributed by atoms with Crippen molar-refractivity contribution in [1.82, 2.24) is 20.2 Å². The number of hydrogen-bond donors (Lipinski definition) is 3. The minimum Gasteiger partial charge on any atom is -0.454 e. The van der Waals surface area contributed by atoms with Crippen LogP contribution in [-0.4, -0.2) is 47.1 Å². The third-order valence-electron chi connectivity index (χ3n) is 6.11. The number of rotatable bonds is 6. The van der Waals surface area contributed by atoms with Crippen molar-refractivity contribution in [3.05, 3.63) is 83.7 Å². The van der Waals surface area contributed by atoms with Crippen molar-refractivity contribution < 1.29 is 31.5 Å². The molecule has 208 valence electrons. The highest BCUT2D eigenvalue weighted by Gasteiger charge is 2.34. The van der Waals surface area contributed by atoms with E-state index in [0.717, 1.165) is 44.0 Å². The minimum absolute atomic E-state index is 0.103. The summed E-state index contributed by atoms with van der Waals surface area (Å²) in [5.41, 5.74) is 0.303. The van der Waals surface area contributed by atoms with E-state index in [2.05, 4.69) is 30.8 Å². The maximum atomic E-state index is 14.5. The second-order valence-corrected chi connectivity index (χ2v) is 9.06. The van der Waals surface area contributed by atoms with Crippen molar-refractivity contribution in [1.29, 1.82) is 0 Å². The molecule has 0 aliphatic carbocycles. The Hall–Kier alpha value is -4.36. The molecule has 2 amide bonds. The number of nitrogens with one attached hydrogen (secondary N) is 3. The van der Waals surface area contributed by atoms with E-state index >= 15 is 0 Å². The number of hydrogen-bond acceptors (Lipinski definition) is 6. The number of ether oxygens (including phenoxy) is 1. The number of carbonyl (C=O) groups excluding carboxylic acids is 1. The largest absolute Gasteiger partial charge is 0.454 e. The predicted octanol–water partition coefficient (Wildman–Crippen LogP) is 5.77. The summed E-state index contributed by atoms with van der Waals surface area (Å²) in [5.74, 6) is -2.09. The molecule has 13 heteroatoms. The molecule has 0 spiro atoms. The summed E-state index contributed by atoms with van der Waals surface area (Å²) >= 11 is 0. The first kappa shape index (κ1) is 27.2. The lowest BCUT2D eigenvalue weighted by Gasteiger charge is -2.26. The van der Waals surface area contributed by atoms with Crippen LogP contribution in [0.1, 0.15) is 11.3 Å². The molecule has 1 aliphatic heterocycles. The fraction of sp³-hybridized carbons (Fsp3) is 0.222. The van der Waals surface area contributed by atoms with Gasteiger partial charge in [-0.05, 0) is 42.5 Å². The van der Waals surface area contributed by atoms with E-state index in [9.17, 15) is 26.7 Å². The van der Waals surface area contributed by atoms with Gasteiger partial charge in [0.2, 0.25) is 0 Å². The van der Waals surface area contributed by atoms with E-state index < -0.39 is 29.4 Å². The van der Waals surface area contributed by atoms with E-state index in [4.69, 9.17) is 4.74 Å². The van der Waals surface area contributed by atoms with Crippen LogP contribution >= 0.6 is 0 Å². The molecule has 1 aliphatic rings. The molecular formula is C27H23F5N6O2. The number of amides is 2. The molecule has 40 heavy (non-hydrogen) atoms. The highest BCUT2D eigenvalue weighted by atomic mass is 19.4. The van der Waals surface area contributed by atoms with Crippen molar-refractivity contribution >= 4 is 28.4 Å². The van der Waals surface area contributed by atoms with Crippen LogP contribution < -0.4 is 20.7 Å². The van der Waals surface area contributed by atoms with Gasteiger partial charge in [0.05, 0.1) is 28.5 Å². The molecule has 0 radical (unpaired) electrons. The number of urea groups is 1. The maximum Gasteiger partial charge on any atom is 0.419 e. The summed E-state index contributed by atoms with van der Waals surface area (Å²) < 4.78 is 72.6. The molecule has 0 bridgehead atoms. The second-order valence-electron chi connectivity index (χ2n) is 9.06. The Labute approximate surface area is 225 Å². The molecular weight excluding hydrogens is 535 g/mol. The number of alkyl halides is 3. The Balaban J connectivity index is 1.28. The third-order valence-corrected chi connectivity index (χ3v) is 6.11. The van der Waals surface area contributed by atoms with Crippen LogP contribution in [0.15, 0.2) is 60.8 Å². The molecule has 0 atom stereocenters. The third kappa shape index (κ3) is 6.61. The summed E-state index contributed by atoms with van der Waals surface area (Å²) in [4.78, 5) is 23.7. The second kappa shape index (κ2) is 11.4. The lowest BCUT2D eigenvalue weighted by atomic mass is 10.2. The van der Waals surface area contributed by atoms with Crippen LogP contribution in [0.25, 0.3) is 11.0 Å². The van der Waals surface area contributed by atoms with Gasteiger partial charge < -0.3 is 20.7 Å². The molecule has 0 unspecified atom stereocenters. The summed E-state index contributed by atoms with van der Waals surface area (Å²) in [5, 5.41) is 7.88. The van der Waals surface area contributed by atoms with Gasteiger partial charge in [-0.15, -0.1) is 0 Å².